The van der Waals surface area contributed by atoms with E-state index in [1.165, 1.54) is 199 Å². The molecule has 0 rings (SSSR count). The number of allylic oxidation sites excluding steroid dienone is 2. The highest BCUT2D eigenvalue weighted by Crippen LogP contribution is 2.18. The number of unbranched alkanes of at least 4 members (excludes halogenated alkanes) is 35. The summed E-state index contributed by atoms with van der Waals surface area (Å²) in [5.74, 6) is -0.465. The molecule has 60 heavy (non-hydrogen) atoms. The number of rotatable bonds is 49. The van der Waals surface area contributed by atoms with E-state index in [4.69, 9.17) is 4.74 Å². The zero-order valence-corrected chi connectivity index (χ0v) is 40.6. The Bertz CT molecular complexity index is 909. The first-order valence-electron chi connectivity index (χ1n) is 26.9. The van der Waals surface area contributed by atoms with Crippen LogP contribution < -0.4 is 5.32 Å². The predicted molar refractivity (Wildman–Crippen MR) is 260 cm³/mol. The van der Waals surface area contributed by atoms with Crippen molar-refractivity contribution in [1.82, 2.24) is 5.32 Å². The second-order valence-electron chi connectivity index (χ2n) is 18.6. The maximum absolute atomic E-state index is 13.2. The number of aliphatic hydroxyl groups excluding tert-OH is 2. The lowest BCUT2D eigenvalue weighted by Gasteiger charge is -2.24. The van der Waals surface area contributed by atoms with Crippen molar-refractivity contribution in [1.29, 1.82) is 0 Å². The lowest BCUT2D eigenvalue weighted by atomic mass is 10.0. The largest absolute Gasteiger partial charge is 0.462 e. The van der Waals surface area contributed by atoms with Gasteiger partial charge in [0.05, 0.1) is 25.2 Å². The molecule has 0 aliphatic carbocycles. The number of hydrogen-bond donors (Lipinski definition) is 3. The summed E-state index contributed by atoms with van der Waals surface area (Å²) < 4.78 is 5.94. The molecule has 1 amide bonds. The van der Waals surface area contributed by atoms with Gasteiger partial charge in [0.2, 0.25) is 5.91 Å². The minimum absolute atomic E-state index is 0.0814. The van der Waals surface area contributed by atoms with Crippen molar-refractivity contribution >= 4 is 11.9 Å². The molecule has 0 fully saturated rings. The van der Waals surface area contributed by atoms with Crippen LogP contribution in [0.5, 0.6) is 0 Å². The number of aliphatic hydroxyl groups is 2. The first-order valence-corrected chi connectivity index (χ1v) is 26.9. The van der Waals surface area contributed by atoms with Gasteiger partial charge in [0.15, 0.2) is 0 Å². The Hall–Kier alpha value is -1.40. The Morgan fingerprint density at radius 3 is 1.18 bits per heavy atom. The molecule has 3 atom stereocenters. The van der Waals surface area contributed by atoms with Gasteiger partial charge in [-0.2, -0.15) is 0 Å². The molecule has 3 N–H and O–H groups in total. The minimum atomic E-state index is -0.782. The van der Waals surface area contributed by atoms with E-state index in [9.17, 15) is 19.8 Å². The highest BCUT2D eigenvalue weighted by molar-refractivity contribution is 5.77. The van der Waals surface area contributed by atoms with Gasteiger partial charge in [-0.1, -0.05) is 245 Å². The van der Waals surface area contributed by atoms with Crippen LogP contribution in [-0.2, 0) is 14.3 Å². The molecular formula is C54H105NO5. The highest BCUT2D eigenvalue weighted by Gasteiger charge is 2.24. The van der Waals surface area contributed by atoms with Crippen LogP contribution in [0.25, 0.3) is 0 Å². The molecule has 0 aliphatic rings. The normalized spacial score (nSPS) is 13.2. The number of amides is 1. The maximum Gasteiger partial charge on any atom is 0.306 e. The Kier molecular flexibility index (Phi) is 47.5. The fraction of sp³-hybridized carbons (Fsp3) is 0.926. The van der Waals surface area contributed by atoms with Gasteiger partial charge in [0, 0.05) is 6.42 Å². The van der Waals surface area contributed by atoms with E-state index in [0.29, 0.717) is 19.3 Å². The van der Waals surface area contributed by atoms with Crippen molar-refractivity contribution in [3.8, 4) is 0 Å². The lowest BCUT2D eigenvalue weighted by molar-refractivity contribution is -0.151. The summed E-state index contributed by atoms with van der Waals surface area (Å²) in [4.78, 5) is 26.1. The van der Waals surface area contributed by atoms with E-state index in [0.717, 1.165) is 51.4 Å². The topological polar surface area (TPSA) is 95.9 Å². The number of carbonyl (C=O) groups is 2. The van der Waals surface area contributed by atoms with Crippen LogP contribution in [0.2, 0.25) is 0 Å². The van der Waals surface area contributed by atoms with Gasteiger partial charge in [-0.05, 0) is 51.4 Å². The van der Waals surface area contributed by atoms with Crippen molar-refractivity contribution in [2.75, 3.05) is 6.61 Å². The van der Waals surface area contributed by atoms with Crippen molar-refractivity contribution in [2.45, 2.75) is 315 Å². The monoisotopic (exact) mass is 848 g/mol. The molecule has 0 spiro atoms. The summed E-state index contributed by atoms with van der Waals surface area (Å²) in [5.41, 5.74) is 0. The molecule has 6 heteroatoms. The quantitative estimate of drug-likeness (QED) is 0.0322. The number of hydrogen-bond acceptors (Lipinski definition) is 5. The van der Waals surface area contributed by atoms with Gasteiger partial charge in [0.1, 0.15) is 6.10 Å². The van der Waals surface area contributed by atoms with Crippen molar-refractivity contribution < 1.29 is 24.5 Å². The molecule has 6 nitrogen and oxygen atoms in total. The van der Waals surface area contributed by atoms with Gasteiger partial charge >= 0.3 is 5.97 Å². The summed E-state index contributed by atoms with van der Waals surface area (Å²) in [6, 6.07) is -0.696. The van der Waals surface area contributed by atoms with Crippen LogP contribution in [0, 0.1) is 0 Å². The van der Waals surface area contributed by atoms with Crippen LogP contribution in [0.1, 0.15) is 297 Å². The van der Waals surface area contributed by atoms with E-state index in [-0.39, 0.29) is 24.9 Å². The predicted octanol–water partition coefficient (Wildman–Crippen LogP) is 16.1. The van der Waals surface area contributed by atoms with E-state index in [1.807, 2.05) is 0 Å². The van der Waals surface area contributed by atoms with Gasteiger partial charge < -0.3 is 20.3 Å². The Balaban J connectivity index is 4.49. The standard InChI is InChI=1S/C54H105NO5/c1-4-7-10-13-16-19-22-24-25-26-27-28-29-32-35-38-41-44-47-54(59)60-50(45-42-39-36-33-31-23-20-17-14-11-8-5-2)48-53(58)55-51(49-56)52(57)46-43-40-37-34-30-21-18-15-12-9-6-3/h27-28,50-52,56-57H,4-26,29-49H2,1-3H3,(H,55,58)/b28-27+. The van der Waals surface area contributed by atoms with Crippen LogP contribution in [0.3, 0.4) is 0 Å². The molecule has 0 aromatic carbocycles. The third-order valence-electron chi connectivity index (χ3n) is 12.6. The van der Waals surface area contributed by atoms with Crippen molar-refractivity contribution in [2.24, 2.45) is 0 Å². The van der Waals surface area contributed by atoms with Gasteiger partial charge in [0.25, 0.3) is 0 Å². The molecule has 0 saturated carbocycles. The van der Waals surface area contributed by atoms with Gasteiger partial charge in [-0.25, -0.2) is 0 Å². The summed E-state index contributed by atoms with van der Waals surface area (Å²) in [6.45, 7) is 6.50. The van der Waals surface area contributed by atoms with E-state index in [2.05, 4.69) is 38.2 Å². The minimum Gasteiger partial charge on any atom is -0.462 e. The fourth-order valence-corrected chi connectivity index (χ4v) is 8.49. The number of esters is 1. The van der Waals surface area contributed by atoms with Crippen molar-refractivity contribution in [3.63, 3.8) is 0 Å². The Morgan fingerprint density at radius 1 is 0.467 bits per heavy atom. The fourth-order valence-electron chi connectivity index (χ4n) is 8.49. The van der Waals surface area contributed by atoms with Crippen LogP contribution in [0.4, 0.5) is 0 Å². The second-order valence-corrected chi connectivity index (χ2v) is 18.6. The van der Waals surface area contributed by atoms with Crippen LogP contribution in [0.15, 0.2) is 12.2 Å². The first-order chi connectivity index (χ1) is 29.5. The molecule has 0 heterocycles. The second kappa shape index (κ2) is 48.6. The molecule has 356 valence electrons. The summed E-state index contributed by atoms with van der Waals surface area (Å²) in [5, 5.41) is 23.7. The smallest absolute Gasteiger partial charge is 0.306 e. The Labute approximate surface area is 374 Å². The van der Waals surface area contributed by atoms with Gasteiger partial charge in [-0.15, -0.1) is 0 Å². The molecule has 0 radical (unpaired) electrons. The van der Waals surface area contributed by atoms with E-state index < -0.39 is 18.2 Å². The first kappa shape index (κ1) is 58.6. The van der Waals surface area contributed by atoms with Crippen LogP contribution in [-0.4, -0.2) is 46.9 Å². The molecular weight excluding hydrogens is 743 g/mol. The lowest BCUT2D eigenvalue weighted by Crippen LogP contribution is -2.46. The Morgan fingerprint density at radius 2 is 0.800 bits per heavy atom. The zero-order valence-electron chi connectivity index (χ0n) is 40.6. The molecule has 0 aromatic heterocycles. The molecule has 0 bridgehead atoms. The number of ether oxygens (including phenoxy) is 1. The summed E-state index contributed by atoms with van der Waals surface area (Å²) in [7, 11) is 0. The molecule has 0 saturated heterocycles. The third kappa shape index (κ3) is 43.3. The number of nitrogens with one attached hydrogen (secondary N) is 1. The summed E-state index contributed by atoms with van der Waals surface area (Å²) >= 11 is 0. The van der Waals surface area contributed by atoms with E-state index in [1.54, 1.807) is 0 Å². The van der Waals surface area contributed by atoms with E-state index >= 15 is 0 Å². The van der Waals surface area contributed by atoms with Crippen LogP contribution >= 0.6 is 0 Å². The third-order valence-corrected chi connectivity index (χ3v) is 12.6. The maximum atomic E-state index is 13.2. The van der Waals surface area contributed by atoms with Gasteiger partial charge in [-0.3, -0.25) is 9.59 Å². The zero-order chi connectivity index (χ0) is 43.8. The molecule has 3 unspecified atom stereocenters. The molecule has 0 aliphatic heterocycles. The SMILES string of the molecule is CCCCCCCCCCC/C=C/CCCCCCCC(=O)OC(CCCCCCCCCCCCCC)CC(=O)NC(CO)C(O)CCCCCCCCCCCCC. The average molecular weight is 848 g/mol. The highest BCUT2D eigenvalue weighted by atomic mass is 16.5. The summed E-state index contributed by atoms with van der Waals surface area (Å²) in [6.07, 6.45) is 54.2. The average Bonchev–Trinajstić information content (AvgIpc) is 3.24. The molecule has 0 aromatic rings. The van der Waals surface area contributed by atoms with Crippen molar-refractivity contribution in [3.05, 3.63) is 12.2 Å². The number of carbonyl (C=O) groups excluding carboxylic acids is 2.